The number of nitrogens with two attached hydrogens (primary N) is 1. The summed E-state index contributed by atoms with van der Waals surface area (Å²) < 4.78 is 10.7. The van der Waals surface area contributed by atoms with Crippen molar-refractivity contribution in [1.82, 2.24) is 15.0 Å². The largest absolute Gasteiger partial charge is 0.497 e. The molecule has 0 saturated carbocycles. The van der Waals surface area contributed by atoms with Gasteiger partial charge in [-0.3, -0.25) is 0 Å². The van der Waals surface area contributed by atoms with Crippen molar-refractivity contribution >= 4 is 28.6 Å². The highest BCUT2D eigenvalue weighted by Gasteiger charge is 2.15. The molecule has 112 valence electrons. The molecular formula is C15H13ClN4O2. The van der Waals surface area contributed by atoms with Gasteiger partial charge in [-0.25, -0.2) is 15.0 Å². The van der Waals surface area contributed by atoms with E-state index in [9.17, 15) is 0 Å². The Labute approximate surface area is 131 Å². The predicted octanol–water partition coefficient (Wildman–Crippen LogP) is 2.94. The number of anilines is 1. The first kappa shape index (κ1) is 14.3. The highest BCUT2D eigenvalue weighted by molar-refractivity contribution is 6.29. The van der Waals surface area contributed by atoms with Crippen molar-refractivity contribution in [2.75, 3.05) is 20.0 Å². The van der Waals surface area contributed by atoms with Gasteiger partial charge in [-0.1, -0.05) is 11.6 Å². The highest BCUT2D eigenvalue weighted by atomic mass is 35.5. The first-order chi connectivity index (χ1) is 10.6. The van der Waals surface area contributed by atoms with Crippen LogP contribution in [0.5, 0.6) is 11.5 Å². The number of nitrogens with zero attached hydrogens (tertiary/aromatic N) is 3. The van der Waals surface area contributed by atoms with Crippen LogP contribution in [0.4, 0.5) is 5.95 Å². The van der Waals surface area contributed by atoms with E-state index in [0.29, 0.717) is 38.9 Å². The summed E-state index contributed by atoms with van der Waals surface area (Å²) in [4.78, 5) is 12.8. The zero-order valence-corrected chi connectivity index (χ0v) is 12.8. The minimum Gasteiger partial charge on any atom is -0.497 e. The fraction of sp³-hybridized carbons (Fsp3) is 0.133. The lowest BCUT2D eigenvalue weighted by Crippen LogP contribution is -2.01. The number of nitrogen functional groups attached to an aromatic ring is 1. The zero-order chi connectivity index (χ0) is 15.7. The van der Waals surface area contributed by atoms with Crippen LogP contribution in [0.1, 0.15) is 0 Å². The van der Waals surface area contributed by atoms with E-state index in [1.807, 2.05) is 6.07 Å². The first-order valence-electron chi connectivity index (χ1n) is 6.44. The standard InChI is InChI=1S/C15H13ClN4O2/c1-21-8-3-5-11(22-2)9(7-8)13-14-10(18-15(17)20-13)4-6-12(16)19-14/h3-7H,1-2H3,(H2,17,18,20). The van der Waals surface area contributed by atoms with Crippen LogP contribution in [0.3, 0.4) is 0 Å². The maximum Gasteiger partial charge on any atom is 0.221 e. The molecule has 7 heteroatoms. The number of rotatable bonds is 3. The monoisotopic (exact) mass is 316 g/mol. The van der Waals surface area contributed by atoms with Crippen molar-refractivity contribution in [3.63, 3.8) is 0 Å². The second kappa shape index (κ2) is 5.65. The van der Waals surface area contributed by atoms with E-state index in [1.165, 1.54) is 0 Å². The molecule has 0 spiro atoms. The third-order valence-electron chi connectivity index (χ3n) is 3.19. The second-order valence-electron chi connectivity index (χ2n) is 4.50. The topological polar surface area (TPSA) is 83.2 Å². The molecule has 1 aromatic carbocycles. The van der Waals surface area contributed by atoms with Crippen LogP contribution in [-0.2, 0) is 0 Å². The van der Waals surface area contributed by atoms with Crippen LogP contribution in [0.15, 0.2) is 30.3 Å². The van der Waals surface area contributed by atoms with Gasteiger partial charge in [0.2, 0.25) is 5.95 Å². The minimum atomic E-state index is 0.150. The predicted molar refractivity (Wildman–Crippen MR) is 85.3 cm³/mol. The van der Waals surface area contributed by atoms with Gasteiger partial charge in [0.25, 0.3) is 0 Å². The number of hydrogen-bond acceptors (Lipinski definition) is 6. The molecular weight excluding hydrogens is 304 g/mol. The fourth-order valence-electron chi connectivity index (χ4n) is 2.20. The van der Waals surface area contributed by atoms with Crippen molar-refractivity contribution in [2.24, 2.45) is 0 Å². The Morgan fingerprint density at radius 3 is 2.55 bits per heavy atom. The molecule has 2 N–H and O–H groups in total. The van der Waals surface area contributed by atoms with E-state index in [1.54, 1.807) is 38.5 Å². The van der Waals surface area contributed by atoms with Crippen LogP contribution in [0.25, 0.3) is 22.3 Å². The van der Waals surface area contributed by atoms with Gasteiger partial charge in [-0.05, 0) is 30.3 Å². The van der Waals surface area contributed by atoms with E-state index in [4.69, 9.17) is 26.8 Å². The summed E-state index contributed by atoms with van der Waals surface area (Å²) in [5.41, 5.74) is 8.21. The fourth-order valence-corrected chi connectivity index (χ4v) is 2.34. The molecule has 0 amide bonds. The quantitative estimate of drug-likeness (QED) is 0.748. The number of fused-ring (bicyclic) bond motifs is 1. The number of halogens is 1. The van der Waals surface area contributed by atoms with Crippen LogP contribution in [0, 0.1) is 0 Å². The molecule has 2 heterocycles. The summed E-state index contributed by atoms with van der Waals surface area (Å²) in [5, 5.41) is 0.351. The van der Waals surface area contributed by atoms with Gasteiger partial charge in [-0.15, -0.1) is 0 Å². The maximum atomic E-state index is 6.00. The molecule has 0 fully saturated rings. The molecule has 0 atom stereocenters. The lowest BCUT2D eigenvalue weighted by atomic mass is 10.1. The van der Waals surface area contributed by atoms with Crippen molar-refractivity contribution in [2.45, 2.75) is 0 Å². The van der Waals surface area contributed by atoms with Crippen molar-refractivity contribution < 1.29 is 9.47 Å². The van der Waals surface area contributed by atoms with E-state index < -0.39 is 0 Å². The molecule has 0 aliphatic rings. The Balaban J connectivity index is 2.36. The summed E-state index contributed by atoms with van der Waals surface area (Å²) >= 11 is 6.00. The summed E-state index contributed by atoms with van der Waals surface area (Å²) in [5.74, 6) is 1.45. The van der Waals surface area contributed by atoms with Crippen molar-refractivity contribution in [3.8, 4) is 22.8 Å². The molecule has 3 aromatic rings. The number of hydrogen-bond donors (Lipinski definition) is 1. The zero-order valence-electron chi connectivity index (χ0n) is 12.0. The third-order valence-corrected chi connectivity index (χ3v) is 3.40. The Kier molecular flexibility index (Phi) is 3.68. The average Bonchev–Trinajstić information content (AvgIpc) is 2.54. The normalized spacial score (nSPS) is 10.7. The summed E-state index contributed by atoms with van der Waals surface area (Å²) in [6.45, 7) is 0. The van der Waals surface area contributed by atoms with Gasteiger partial charge >= 0.3 is 0 Å². The van der Waals surface area contributed by atoms with Crippen LogP contribution in [-0.4, -0.2) is 29.2 Å². The van der Waals surface area contributed by atoms with Gasteiger partial charge in [0.05, 0.1) is 19.7 Å². The van der Waals surface area contributed by atoms with E-state index in [-0.39, 0.29) is 5.95 Å². The van der Waals surface area contributed by atoms with E-state index in [2.05, 4.69) is 15.0 Å². The highest BCUT2D eigenvalue weighted by Crippen LogP contribution is 2.35. The smallest absolute Gasteiger partial charge is 0.221 e. The molecule has 2 aromatic heterocycles. The van der Waals surface area contributed by atoms with Gasteiger partial charge in [-0.2, -0.15) is 0 Å². The van der Waals surface area contributed by atoms with Gasteiger partial charge in [0, 0.05) is 5.56 Å². The minimum absolute atomic E-state index is 0.150. The average molecular weight is 317 g/mol. The Hall–Kier alpha value is -2.60. The molecule has 0 saturated heterocycles. The van der Waals surface area contributed by atoms with Crippen LogP contribution >= 0.6 is 11.6 Å². The molecule has 0 aliphatic carbocycles. The molecule has 0 bridgehead atoms. The Bertz CT molecular complexity index is 854. The molecule has 0 aliphatic heterocycles. The van der Waals surface area contributed by atoms with Gasteiger partial charge < -0.3 is 15.2 Å². The number of pyridine rings is 1. The molecule has 3 rings (SSSR count). The molecule has 6 nitrogen and oxygen atoms in total. The van der Waals surface area contributed by atoms with Crippen molar-refractivity contribution in [3.05, 3.63) is 35.5 Å². The van der Waals surface area contributed by atoms with E-state index in [0.717, 1.165) is 0 Å². The lowest BCUT2D eigenvalue weighted by molar-refractivity contribution is 0.404. The molecule has 0 unspecified atom stereocenters. The number of aromatic nitrogens is 3. The number of ether oxygens (including phenoxy) is 2. The third kappa shape index (κ3) is 2.48. The summed E-state index contributed by atoms with van der Waals surface area (Å²) in [7, 11) is 3.17. The maximum absolute atomic E-state index is 6.00. The lowest BCUT2D eigenvalue weighted by Gasteiger charge is -2.12. The second-order valence-corrected chi connectivity index (χ2v) is 4.89. The number of methoxy groups -OCH3 is 2. The Morgan fingerprint density at radius 2 is 1.82 bits per heavy atom. The van der Waals surface area contributed by atoms with Crippen LogP contribution in [0.2, 0.25) is 5.15 Å². The summed E-state index contributed by atoms with van der Waals surface area (Å²) in [6, 6.07) is 8.81. The van der Waals surface area contributed by atoms with Gasteiger partial charge in [0.1, 0.15) is 27.9 Å². The SMILES string of the molecule is COc1ccc(OC)c(-c2nc(N)nc3ccc(Cl)nc23)c1. The summed E-state index contributed by atoms with van der Waals surface area (Å²) in [6.07, 6.45) is 0. The Morgan fingerprint density at radius 1 is 1.00 bits per heavy atom. The number of benzene rings is 1. The molecule has 0 radical (unpaired) electrons. The van der Waals surface area contributed by atoms with E-state index >= 15 is 0 Å². The molecule has 22 heavy (non-hydrogen) atoms. The van der Waals surface area contributed by atoms with Crippen molar-refractivity contribution in [1.29, 1.82) is 0 Å². The van der Waals surface area contributed by atoms with Gasteiger partial charge in [0.15, 0.2) is 0 Å². The first-order valence-corrected chi connectivity index (χ1v) is 6.82. The van der Waals surface area contributed by atoms with Crippen LogP contribution < -0.4 is 15.2 Å².